The molecule has 1 rings (SSSR count). The molecule has 16 heavy (non-hydrogen) atoms. The fourth-order valence-corrected chi connectivity index (χ4v) is 4.31. The lowest BCUT2D eigenvalue weighted by Gasteiger charge is -2.07. The number of anilines is 1. The first kappa shape index (κ1) is 13.7. The van der Waals surface area contributed by atoms with Gasteiger partial charge in [0.2, 0.25) is 0 Å². The molecule has 1 aromatic rings. The Kier molecular flexibility index (Phi) is 5.52. The van der Waals surface area contributed by atoms with E-state index in [2.05, 4.69) is 66.4 Å². The van der Waals surface area contributed by atoms with E-state index in [4.69, 9.17) is 10.5 Å². The van der Waals surface area contributed by atoms with Gasteiger partial charge < -0.3 is 5.32 Å². The first-order chi connectivity index (χ1) is 7.58. The summed E-state index contributed by atoms with van der Waals surface area (Å²) in [6, 6.07) is 7.50. The Balaban J connectivity index is 3.05. The smallest absolute Gasteiger partial charge is 0.145 e. The summed E-state index contributed by atoms with van der Waals surface area (Å²) in [5, 5.41) is 20.2. The molecule has 0 amide bonds. The first-order valence-corrected chi connectivity index (χ1v) is 6.95. The van der Waals surface area contributed by atoms with Crippen LogP contribution in [0.3, 0.4) is 0 Å². The Morgan fingerprint density at radius 2 is 1.75 bits per heavy atom. The number of benzene rings is 1. The van der Waals surface area contributed by atoms with Crippen molar-refractivity contribution < 1.29 is 0 Å². The van der Waals surface area contributed by atoms with E-state index < -0.39 is 0 Å². The molecule has 80 valence electrons. The topological polar surface area (TPSA) is 59.6 Å². The number of nitrogens with one attached hydrogen (secondary N) is 1. The monoisotopic (exact) mass is 499 g/mol. The molecule has 0 saturated heterocycles. The number of allylic oxidation sites excluding steroid dienone is 1. The van der Waals surface area contributed by atoms with Gasteiger partial charge in [0.1, 0.15) is 17.7 Å². The number of hydrogen-bond donors (Lipinski definition) is 1. The van der Waals surface area contributed by atoms with Crippen LogP contribution in [-0.2, 0) is 0 Å². The van der Waals surface area contributed by atoms with E-state index in [9.17, 15) is 0 Å². The lowest BCUT2D eigenvalue weighted by molar-refractivity contribution is 1.43. The molecule has 3 nitrogen and oxygen atoms in total. The maximum absolute atomic E-state index is 8.59. The highest BCUT2D eigenvalue weighted by Gasteiger charge is 2.05. The fourth-order valence-electron chi connectivity index (χ4n) is 0.914. The van der Waals surface area contributed by atoms with Crippen molar-refractivity contribution in [1.29, 1.82) is 10.5 Å². The van der Waals surface area contributed by atoms with Gasteiger partial charge in [-0.3, -0.25) is 0 Å². The van der Waals surface area contributed by atoms with Crippen LogP contribution in [-0.4, -0.2) is 0 Å². The summed E-state index contributed by atoms with van der Waals surface area (Å²) in [5.41, 5.74) is 0.946. The van der Waals surface area contributed by atoms with E-state index in [0.717, 1.165) is 17.3 Å². The Morgan fingerprint density at radius 3 is 2.19 bits per heavy atom. The van der Waals surface area contributed by atoms with Crippen molar-refractivity contribution >= 4 is 66.8 Å². The number of nitrogens with zero attached hydrogens (tertiary/aromatic N) is 2. The van der Waals surface area contributed by atoms with E-state index in [1.807, 2.05) is 12.1 Å². The van der Waals surface area contributed by atoms with Crippen LogP contribution in [0.4, 0.5) is 5.69 Å². The number of nitriles is 2. The third-order valence-corrected chi connectivity index (χ3v) is 3.77. The molecule has 0 radical (unpaired) electrons. The maximum atomic E-state index is 8.59. The van der Waals surface area contributed by atoms with Gasteiger partial charge >= 0.3 is 0 Å². The molecule has 0 saturated carbocycles. The van der Waals surface area contributed by atoms with Crippen molar-refractivity contribution in [3.05, 3.63) is 35.5 Å². The highest BCUT2D eigenvalue weighted by atomic mass is 127. The normalized spacial score (nSPS) is 8.81. The minimum atomic E-state index is 0.0505. The molecular weight excluding hydrogens is 496 g/mol. The largest absolute Gasteiger partial charge is 0.358 e. The average molecular weight is 500 g/mol. The van der Waals surface area contributed by atoms with Crippen molar-refractivity contribution in [2.24, 2.45) is 0 Å². The second-order valence-corrected chi connectivity index (χ2v) is 5.91. The van der Waals surface area contributed by atoms with Crippen molar-refractivity contribution in [2.45, 2.75) is 0 Å². The van der Waals surface area contributed by atoms with Gasteiger partial charge in [-0.15, -0.1) is 0 Å². The molecule has 0 aliphatic heterocycles. The molecule has 0 atom stereocenters. The quantitative estimate of drug-likeness (QED) is 0.494. The van der Waals surface area contributed by atoms with Crippen LogP contribution in [0, 0.1) is 29.8 Å². The van der Waals surface area contributed by atoms with Gasteiger partial charge in [-0.25, -0.2) is 0 Å². The molecule has 0 heterocycles. The van der Waals surface area contributed by atoms with Crippen LogP contribution >= 0.6 is 61.1 Å². The predicted octanol–water partition coefficient (Wildman–Crippen LogP) is 4.00. The van der Waals surface area contributed by atoms with Gasteiger partial charge in [0.05, 0.1) is 5.69 Å². The van der Waals surface area contributed by atoms with Crippen LogP contribution in [0.5, 0.6) is 0 Å². The van der Waals surface area contributed by atoms with Gasteiger partial charge in [0, 0.05) is 17.8 Å². The zero-order valence-corrected chi connectivity index (χ0v) is 13.7. The predicted molar refractivity (Wildman–Crippen MR) is 82.5 cm³/mol. The highest BCUT2D eigenvalue weighted by molar-refractivity contribution is 14.1. The van der Waals surface area contributed by atoms with Crippen LogP contribution < -0.4 is 5.32 Å². The molecule has 6 heteroatoms. The highest BCUT2D eigenvalue weighted by Crippen LogP contribution is 2.28. The number of halogens is 3. The lowest BCUT2D eigenvalue weighted by Crippen LogP contribution is -1.96. The second-order valence-electron chi connectivity index (χ2n) is 2.67. The van der Waals surface area contributed by atoms with E-state index in [-0.39, 0.29) is 5.57 Å². The third-order valence-electron chi connectivity index (χ3n) is 1.61. The third kappa shape index (κ3) is 3.61. The van der Waals surface area contributed by atoms with Gasteiger partial charge in [-0.05, 0) is 57.3 Å². The standard InChI is InChI=1S/C10H4BrI2N3/c11-7-1-8(12)10(9(13)2-7)16-5-6(3-14)4-15/h1-2,5,16H. The van der Waals surface area contributed by atoms with E-state index >= 15 is 0 Å². The summed E-state index contributed by atoms with van der Waals surface area (Å²) in [4.78, 5) is 0. The van der Waals surface area contributed by atoms with Crippen molar-refractivity contribution in [1.82, 2.24) is 0 Å². The molecule has 0 fully saturated rings. The van der Waals surface area contributed by atoms with E-state index in [1.165, 1.54) is 6.20 Å². The Bertz CT molecular complexity index is 487. The minimum absolute atomic E-state index is 0.0505. The van der Waals surface area contributed by atoms with Crippen LogP contribution in [0.1, 0.15) is 0 Å². The SMILES string of the molecule is N#CC(C#N)=CNc1c(I)cc(Br)cc1I. The number of rotatable bonds is 2. The average Bonchev–Trinajstić information content (AvgIpc) is 2.22. The van der Waals surface area contributed by atoms with E-state index in [0.29, 0.717) is 0 Å². The Hall–Kier alpha value is -0.320. The summed E-state index contributed by atoms with van der Waals surface area (Å²) in [6.07, 6.45) is 1.41. The van der Waals surface area contributed by atoms with Crippen molar-refractivity contribution in [3.8, 4) is 12.1 Å². The van der Waals surface area contributed by atoms with Gasteiger partial charge in [-0.1, -0.05) is 15.9 Å². The molecule has 0 bridgehead atoms. The summed E-state index contributed by atoms with van der Waals surface area (Å²) in [5.74, 6) is 0. The summed E-state index contributed by atoms with van der Waals surface area (Å²) < 4.78 is 3.03. The van der Waals surface area contributed by atoms with Gasteiger partial charge in [-0.2, -0.15) is 10.5 Å². The minimum Gasteiger partial charge on any atom is -0.358 e. The second kappa shape index (κ2) is 6.42. The lowest BCUT2D eigenvalue weighted by atomic mass is 10.3. The van der Waals surface area contributed by atoms with Gasteiger partial charge in [0.15, 0.2) is 0 Å². The van der Waals surface area contributed by atoms with Gasteiger partial charge in [0.25, 0.3) is 0 Å². The zero-order valence-electron chi connectivity index (χ0n) is 7.76. The molecular formula is C10H4BrI2N3. The van der Waals surface area contributed by atoms with Crippen LogP contribution in [0.25, 0.3) is 0 Å². The molecule has 0 unspecified atom stereocenters. The molecule has 0 aromatic heterocycles. The fraction of sp³-hybridized carbons (Fsp3) is 0. The Labute approximate surface area is 129 Å². The molecule has 0 aliphatic rings. The van der Waals surface area contributed by atoms with E-state index in [1.54, 1.807) is 12.1 Å². The van der Waals surface area contributed by atoms with Crippen molar-refractivity contribution in [3.63, 3.8) is 0 Å². The zero-order chi connectivity index (χ0) is 12.1. The number of hydrogen-bond acceptors (Lipinski definition) is 3. The van der Waals surface area contributed by atoms with Crippen LogP contribution in [0.2, 0.25) is 0 Å². The summed E-state index contributed by atoms with van der Waals surface area (Å²) >= 11 is 7.78. The summed E-state index contributed by atoms with van der Waals surface area (Å²) in [7, 11) is 0. The Morgan fingerprint density at radius 1 is 1.25 bits per heavy atom. The van der Waals surface area contributed by atoms with Crippen LogP contribution in [0.15, 0.2) is 28.4 Å². The first-order valence-electron chi connectivity index (χ1n) is 4.00. The molecule has 1 aromatic carbocycles. The molecule has 0 spiro atoms. The maximum Gasteiger partial charge on any atom is 0.145 e. The van der Waals surface area contributed by atoms with Crippen molar-refractivity contribution in [2.75, 3.05) is 5.32 Å². The summed E-state index contributed by atoms with van der Waals surface area (Å²) in [6.45, 7) is 0. The molecule has 0 aliphatic carbocycles. The molecule has 1 N–H and O–H groups in total.